The zero-order chi connectivity index (χ0) is 21.5. The van der Waals surface area contributed by atoms with Gasteiger partial charge in [0.15, 0.2) is 5.96 Å². The van der Waals surface area contributed by atoms with Crippen LogP contribution in [0.5, 0.6) is 0 Å². The molecule has 1 aliphatic rings. The molecule has 2 N–H and O–H groups in total. The van der Waals surface area contributed by atoms with Crippen molar-refractivity contribution < 1.29 is 8.81 Å². The number of nitrogens with one attached hydrogen (secondary N) is 2. The maximum absolute atomic E-state index is 13.1. The summed E-state index contributed by atoms with van der Waals surface area (Å²) < 4.78 is 18.6. The number of nitrogens with zero attached hydrogens (tertiary/aromatic N) is 3. The number of halogens is 2. The summed E-state index contributed by atoms with van der Waals surface area (Å²) in [5.74, 6) is 1.01. The van der Waals surface area contributed by atoms with Crippen LogP contribution >= 0.6 is 35.3 Å². The highest BCUT2D eigenvalue weighted by Gasteiger charge is 2.24. The first-order valence-electron chi connectivity index (χ1n) is 10.7. The highest BCUT2D eigenvalue weighted by Crippen LogP contribution is 2.27. The van der Waals surface area contributed by atoms with Gasteiger partial charge in [-0.25, -0.2) is 9.37 Å². The van der Waals surface area contributed by atoms with Crippen molar-refractivity contribution in [3.63, 3.8) is 0 Å². The lowest BCUT2D eigenvalue weighted by atomic mass is 10.2. The minimum absolute atomic E-state index is 0. The number of hydrogen-bond donors (Lipinski definition) is 2. The number of benzene rings is 1. The number of likely N-dealkylation sites (tertiary alicyclic amines) is 1. The average Bonchev–Trinajstić information content (AvgIpc) is 3.56. The van der Waals surface area contributed by atoms with Crippen LogP contribution in [0.1, 0.15) is 29.5 Å². The molecule has 0 spiro atoms. The SMILES string of the molecule is CN=C(NCCc1coc(-c2ccc(F)cc2)n1)NCC(c1cccs1)N1CCCC1.I. The monoisotopic (exact) mass is 569 g/mol. The topological polar surface area (TPSA) is 65.7 Å². The van der Waals surface area contributed by atoms with E-state index in [0.29, 0.717) is 24.9 Å². The van der Waals surface area contributed by atoms with Crippen molar-refractivity contribution in [2.45, 2.75) is 25.3 Å². The molecule has 172 valence electrons. The van der Waals surface area contributed by atoms with Crippen LogP contribution in [-0.4, -0.2) is 49.1 Å². The van der Waals surface area contributed by atoms with Crippen LogP contribution in [0.25, 0.3) is 11.5 Å². The standard InChI is InChI=1S/C23H28FN5OS.HI/c1-25-23(27-15-20(21-5-4-14-31-21)29-12-2-3-13-29)26-11-10-19-16-30-22(28-19)17-6-8-18(24)9-7-17;/h4-9,14,16,20H,2-3,10-13,15H2,1H3,(H2,25,26,27);1H. The minimum atomic E-state index is -0.273. The summed E-state index contributed by atoms with van der Waals surface area (Å²) in [7, 11) is 1.79. The van der Waals surface area contributed by atoms with E-state index in [2.05, 4.69) is 43.0 Å². The fourth-order valence-corrected chi connectivity index (χ4v) is 4.67. The molecule has 0 aliphatic carbocycles. The van der Waals surface area contributed by atoms with Crippen LogP contribution in [-0.2, 0) is 6.42 Å². The van der Waals surface area contributed by atoms with Gasteiger partial charge in [0, 0.05) is 37.0 Å². The lowest BCUT2D eigenvalue weighted by Crippen LogP contribution is -2.43. The maximum atomic E-state index is 13.1. The van der Waals surface area contributed by atoms with Crippen molar-refractivity contribution in [1.82, 2.24) is 20.5 Å². The molecule has 0 radical (unpaired) electrons. The molecule has 1 fully saturated rings. The third-order valence-electron chi connectivity index (χ3n) is 5.46. The summed E-state index contributed by atoms with van der Waals surface area (Å²) in [6, 6.07) is 10.8. The van der Waals surface area contributed by atoms with Crippen molar-refractivity contribution in [3.8, 4) is 11.5 Å². The molecule has 0 amide bonds. The molecular weight excluding hydrogens is 540 g/mol. The normalized spacial score (nSPS) is 15.4. The summed E-state index contributed by atoms with van der Waals surface area (Å²) >= 11 is 1.81. The molecule has 3 heterocycles. The average molecular weight is 569 g/mol. The first kappa shape index (κ1) is 24.7. The molecule has 9 heteroatoms. The molecule has 1 unspecified atom stereocenters. The summed E-state index contributed by atoms with van der Waals surface area (Å²) in [6.45, 7) is 3.80. The highest BCUT2D eigenvalue weighted by molar-refractivity contribution is 14.0. The fourth-order valence-electron chi connectivity index (χ4n) is 3.81. The number of guanidine groups is 1. The van der Waals surface area contributed by atoms with Gasteiger partial charge in [-0.15, -0.1) is 35.3 Å². The third kappa shape index (κ3) is 6.52. The van der Waals surface area contributed by atoms with Crippen molar-refractivity contribution >= 4 is 41.3 Å². The zero-order valence-electron chi connectivity index (χ0n) is 18.1. The van der Waals surface area contributed by atoms with Gasteiger partial charge in [0.05, 0.1) is 11.7 Å². The van der Waals surface area contributed by atoms with Gasteiger partial charge in [-0.1, -0.05) is 6.07 Å². The largest absolute Gasteiger partial charge is 0.444 e. The molecule has 2 aromatic heterocycles. The highest BCUT2D eigenvalue weighted by atomic mass is 127. The summed E-state index contributed by atoms with van der Waals surface area (Å²) in [5, 5.41) is 8.98. The summed E-state index contributed by atoms with van der Waals surface area (Å²) in [5.41, 5.74) is 1.61. The Morgan fingerprint density at radius 3 is 2.69 bits per heavy atom. The van der Waals surface area contributed by atoms with Crippen LogP contribution in [0.2, 0.25) is 0 Å². The van der Waals surface area contributed by atoms with Gasteiger partial charge in [-0.05, 0) is 61.6 Å². The van der Waals surface area contributed by atoms with E-state index in [-0.39, 0.29) is 29.8 Å². The lowest BCUT2D eigenvalue weighted by molar-refractivity contribution is 0.249. The van der Waals surface area contributed by atoms with Gasteiger partial charge < -0.3 is 15.1 Å². The smallest absolute Gasteiger partial charge is 0.226 e. The molecule has 1 aromatic carbocycles. The molecule has 0 bridgehead atoms. The van der Waals surface area contributed by atoms with Crippen LogP contribution in [0.3, 0.4) is 0 Å². The van der Waals surface area contributed by atoms with Gasteiger partial charge in [0.2, 0.25) is 5.89 Å². The summed E-state index contributed by atoms with van der Waals surface area (Å²) in [6.07, 6.45) is 4.89. The Labute approximate surface area is 209 Å². The zero-order valence-corrected chi connectivity index (χ0v) is 21.2. The van der Waals surface area contributed by atoms with E-state index < -0.39 is 0 Å². The van der Waals surface area contributed by atoms with E-state index in [0.717, 1.165) is 36.9 Å². The molecule has 1 atom stereocenters. The number of aliphatic imine (C=N–C) groups is 1. The Morgan fingerprint density at radius 2 is 2.00 bits per heavy atom. The predicted octanol–water partition coefficient (Wildman–Crippen LogP) is 4.70. The first-order chi connectivity index (χ1) is 15.2. The van der Waals surface area contributed by atoms with Crippen LogP contribution in [0.15, 0.2) is 57.5 Å². The Bertz CT molecular complexity index is 971. The number of oxazole rings is 1. The number of hydrogen-bond acceptors (Lipinski definition) is 5. The number of aromatic nitrogens is 1. The molecule has 6 nitrogen and oxygen atoms in total. The van der Waals surface area contributed by atoms with E-state index in [1.807, 2.05) is 11.3 Å². The molecule has 1 saturated heterocycles. The molecule has 1 aliphatic heterocycles. The second kappa shape index (κ2) is 12.3. The maximum Gasteiger partial charge on any atom is 0.226 e. The third-order valence-corrected chi connectivity index (χ3v) is 6.43. The van der Waals surface area contributed by atoms with E-state index in [9.17, 15) is 4.39 Å². The Kier molecular flexibility index (Phi) is 9.49. The Hall–Kier alpha value is -1.98. The van der Waals surface area contributed by atoms with Crippen molar-refractivity contribution in [2.75, 3.05) is 33.2 Å². The predicted molar refractivity (Wildman–Crippen MR) is 138 cm³/mol. The van der Waals surface area contributed by atoms with E-state index >= 15 is 0 Å². The van der Waals surface area contributed by atoms with E-state index in [1.165, 1.54) is 29.9 Å². The van der Waals surface area contributed by atoms with Gasteiger partial charge >= 0.3 is 0 Å². The first-order valence-corrected chi connectivity index (χ1v) is 11.5. The molecule has 4 rings (SSSR count). The quantitative estimate of drug-likeness (QED) is 0.234. The van der Waals surface area contributed by atoms with Crippen LogP contribution in [0, 0.1) is 5.82 Å². The number of rotatable bonds is 8. The second-order valence-corrected chi connectivity index (χ2v) is 8.53. The summed E-state index contributed by atoms with van der Waals surface area (Å²) in [4.78, 5) is 12.8. The van der Waals surface area contributed by atoms with Crippen LogP contribution < -0.4 is 10.6 Å². The molecular formula is C23H29FIN5OS. The minimum Gasteiger partial charge on any atom is -0.444 e. The molecule has 32 heavy (non-hydrogen) atoms. The van der Waals surface area contributed by atoms with Gasteiger partial charge in [-0.2, -0.15) is 0 Å². The van der Waals surface area contributed by atoms with Gasteiger partial charge in [0.25, 0.3) is 0 Å². The molecule has 0 saturated carbocycles. The van der Waals surface area contributed by atoms with Gasteiger partial charge in [0.1, 0.15) is 12.1 Å². The van der Waals surface area contributed by atoms with Crippen LogP contribution in [0.4, 0.5) is 4.39 Å². The fraction of sp³-hybridized carbons (Fsp3) is 0.391. The molecule has 3 aromatic rings. The Morgan fingerprint density at radius 1 is 1.22 bits per heavy atom. The number of thiophene rings is 1. The lowest BCUT2D eigenvalue weighted by Gasteiger charge is -2.27. The van der Waals surface area contributed by atoms with Crippen molar-refractivity contribution in [2.24, 2.45) is 4.99 Å². The van der Waals surface area contributed by atoms with Gasteiger partial charge in [-0.3, -0.25) is 9.89 Å². The van der Waals surface area contributed by atoms with E-state index in [1.54, 1.807) is 25.4 Å². The van der Waals surface area contributed by atoms with Crippen molar-refractivity contribution in [1.29, 1.82) is 0 Å². The van der Waals surface area contributed by atoms with E-state index in [4.69, 9.17) is 4.42 Å². The Balaban J connectivity index is 0.00000289. The second-order valence-electron chi connectivity index (χ2n) is 7.56. The van der Waals surface area contributed by atoms with Crippen molar-refractivity contribution in [3.05, 3.63) is 64.4 Å².